The van der Waals surface area contributed by atoms with Crippen LogP contribution in [0, 0.1) is 5.92 Å². The van der Waals surface area contributed by atoms with Gasteiger partial charge in [-0.05, 0) is 32.1 Å². The van der Waals surface area contributed by atoms with Crippen LogP contribution in [-0.2, 0) is 11.2 Å². The van der Waals surface area contributed by atoms with Gasteiger partial charge in [0.2, 0.25) is 5.91 Å². The molecule has 2 atom stereocenters. The summed E-state index contributed by atoms with van der Waals surface area (Å²) in [6, 6.07) is 0.402. The van der Waals surface area contributed by atoms with Crippen molar-refractivity contribution in [1.29, 1.82) is 0 Å². The van der Waals surface area contributed by atoms with Crippen LogP contribution in [0.3, 0.4) is 0 Å². The fraction of sp³-hybridized carbons (Fsp3) is 0.647. The number of carbonyl (C=O) groups is 1. The van der Waals surface area contributed by atoms with Crippen LogP contribution < -0.4 is 0 Å². The molecule has 0 N–H and O–H groups in total. The molecule has 0 saturated carbocycles. The molecule has 3 rings (SSSR count). The molecule has 1 amide bonds. The van der Waals surface area contributed by atoms with E-state index in [1.807, 2.05) is 6.20 Å². The second-order valence-electron chi connectivity index (χ2n) is 6.17. The van der Waals surface area contributed by atoms with Crippen molar-refractivity contribution in [2.75, 3.05) is 13.1 Å². The Kier molecular flexibility index (Phi) is 4.42. The van der Waals surface area contributed by atoms with Crippen molar-refractivity contribution in [1.82, 2.24) is 14.5 Å². The molecular formula is C17H25N3O. The van der Waals surface area contributed by atoms with Gasteiger partial charge in [0.25, 0.3) is 0 Å². The first kappa shape index (κ1) is 14.4. The van der Waals surface area contributed by atoms with Crippen molar-refractivity contribution in [3.8, 4) is 0 Å². The highest BCUT2D eigenvalue weighted by molar-refractivity contribution is 5.79. The normalized spacial score (nSPS) is 26.0. The molecule has 21 heavy (non-hydrogen) atoms. The molecule has 2 aliphatic rings. The van der Waals surface area contributed by atoms with Crippen molar-refractivity contribution in [2.24, 2.45) is 5.92 Å². The van der Waals surface area contributed by atoms with Gasteiger partial charge in [-0.15, -0.1) is 0 Å². The smallest absolute Gasteiger partial charge is 0.226 e. The van der Waals surface area contributed by atoms with E-state index in [4.69, 9.17) is 0 Å². The Morgan fingerprint density at radius 2 is 2.29 bits per heavy atom. The maximum Gasteiger partial charge on any atom is 0.226 e. The van der Waals surface area contributed by atoms with Crippen molar-refractivity contribution in [2.45, 2.75) is 51.5 Å². The van der Waals surface area contributed by atoms with E-state index in [-0.39, 0.29) is 5.92 Å². The number of amides is 1. The highest BCUT2D eigenvalue weighted by Crippen LogP contribution is 2.27. The van der Waals surface area contributed by atoms with E-state index in [1.54, 1.807) is 0 Å². The molecule has 0 radical (unpaired) electrons. The average molecular weight is 287 g/mol. The van der Waals surface area contributed by atoms with E-state index in [0.717, 1.165) is 57.4 Å². The minimum atomic E-state index is 0.210. The lowest BCUT2D eigenvalue weighted by Crippen LogP contribution is -2.43. The predicted molar refractivity (Wildman–Crippen MR) is 82.9 cm³/mol. The minimum Gasteiger partial charge on any atom is -0.340 e. The second kappa shape index (κ2) is 6.46. The monoisotopic (exact) mass is 287 g/mol. The first-order valence-corrected chi connectivity index (χ1v) is 8.25. The van der Waals surface area contributed by atoms with Gasteiger partial charge in [-0.2, -0.15) is 0 Å². The number of imidazole rings is 1. The zero-order valence-electron chi connectivity index (χ0n) is 12.9. The Morgan fingerprint density at radius 1 is 1.38 bits per heavy atom. The Morgan fingerprint density at radius 3 is 3.05 bits per heavy atom. The summed E-state index contributed by atoms with van der Waals surface area (Å²) in [7, 11) is 0. The number of allylic oxidation sites excluding steroid dienone is 2. The molecular weight excluding hydrogens is 262 g/mol. The first-order chi connectivity index (χ1) is 10.3. The van der Waals surface area contributed by atoms with Gasteiger partial charge in [-0.3, -0.25) is 4.79 Å². The Labute approximate surface area is 126 Å². The lowest BCUT2D eigenvalue weighted by molar-refractivity contribution is -0.137. The molecule has 114 valence electrons. The number of aromatic nitrogens is 2. The molecule has 2 heterocycles. The molecule has 4 nitrogen and oxygen atoms in total. The summed E-state index contributed by atoms with van der Waals surface area (Å²) < 4.78 is 2.28. The largest absolute Gasteiger partial charge is 0.340 e. The van der Waals surface area contributed by atoms with Gasteiger partial charge in [0.1, 0.15) is 5.82 Å². The zero-order chi connectivity index (χ0) is 14.7. The van der Waals surface area contributed by atoms with Crippen LogP contribution in [0.4, 0.5) is 0 Å². The quantitative estimate of drug-likeness (QED) is 0.802. The topological polar surface area (TPSA) is 38.1 Å². The molecule has 0 bridgehead atoms. The molecule has 0 unspecified atom stereocenters. The summed E-state index contributed by atoms with van der Waals surface area (Å²) in [6.45, 7) is 3.91. The van der Waals surface area contributed by atoms with Crippen LogP contribution in [-0.4, -0.2) is 33.4 Å². The Balaban J connectivity index is 1.68. The highest BCUT2D eigenvalue weighted by Gasteiger charge is 2.29. The number of carbonyl (C=O) groups excluding carboxylic acids is 1. The summed E-state index contributed by atoms with van der Waals surface area (Å²) in [5.74, 6) is 1.71. The lowest BCUT2D eigenvalue weighted by Gasteiger charge is -2.36. The first-order valence-electron chi connectivity index (χ1n) is 8.25. The standard InChI is InChI=1S/C17H25N3O/c1-2-16-18-10-12-20(16)15-9-6-11-19(13-15)17(21)14-7-4-3-5-8-14/h3-4,10,12,14-15H,2,5-9,11,13H2,1H3/t14-,15-/m1/s1. The van der Waals surface area contributed by atoms with Gasteiger partial charge in [0.15, 0.2) is 0 Å². The van der Waals surface area contributed by atoms with E-state index in [1.165, 1.54) is 0 Å². The van der Waals surface area contributed by atoms with Crippen molar-refractivity contribution < 1.29 is 4.79 Å². The third kappa shape index (κ3) is 3.04. The molecule has 1 aromatic rings. The number of hydrogen-bond donors (Lipinski definition) is 0. The van der Waals surface area contributed by atoms with Crippen molar-refractivity contribution >= 4 is 5.91 Å². The zero-order valence-corrected chi connectivity index (χ0v) is 12.9. The van der Waals surface area contributed by atoms with E-state index in [2.05, 4.69) is 39.7 Å². The third-order valence-electron chi connectivity index (χ3n) is 4.78. The van der Waals surface area contributed by atoms with Gasteiger partial charge in [-0.1, -0.05) is 19.1 Å². The minimum absolute atomic E-state index is 0.210. The summed E-state index contributed by atoms with van der Waals surface area (Å²) >= 11 is 0. The molecule has 1 aliphatic heterocycles. The molecule has 1 fully saturated rings. The van der Waals surface area contributed by atoms with Gasteiger partial charge >= 0.3 is 0 Å². The number of likely N-dealkylation sites (tertiary alicyclic amines) is 1. The molecule has 4 heteroatoms. The highest BCUT2D eigenvalue weighted by atomic mass is 16.2. The van der Waals surface area contributed by atoms with Gasteiger partial charge in [-0.25, -0.2) is 4.98 Å². The summed E-state index contributed by atoms with van der Waals surface area (Å²) in [5.41, 5.74) is 0. The lowest BCUT2D eigenvalue weighted by atomic mass is 9.92. The molecule has 0 spiro atoms. The third-order valence-corrected chi connectivity index (χ3v) is 4.78. The molecule has 1 aliphatic carbocycles. The summed E-state index contributed by atoms with van der Waals surface area (Å²) in [4.78, 5) is 19.2. The summed E-state index contributed by atoms with van der Waals surface area (Å²) in [6.07, 6.45) is 14.5. The molecule has 1 saturated heterocycles. The van der Waals surface area contributed by atoms with E-state index in [9.17, 15) is 4.79 Å². The predicted octanol–water partition coefficient (Wildman–Crippen LogP) is 2.97. The number of piperidine rings is 1. The molecule has 0 aromatic carbocycles. The van der Waals surface area contributed by atoms with E-state index >= 15 is 0 Å². The fourth-order valence-electron chi connectivity index (χ4n) is 3.61. The van der Waals surface area contributed by atoms with Crippen LogP contribution in [0.25, 0.3) is 0 Å². The van der Waals surface area contributed by atoms with Crippen molar-refractivity contribution in [3.63, 3.8) is 0 Å². The van der Waals surface area contributed by atoms with Gasteiger partial charge in [0, 0.05) is 37.8 Å². The number of nitrogens with zero attached hydrogens (tertiary/aromatic N) is 3. The van der Waals surface area contributed by atoms with E-state index in [0.29, 0.717) is 11.9 Å². The van der Waals surface area contributed by atoms with Crippen LogP contribution >= 0.6 is 0 Å². The van der Waals surface area contributed by atoms with Gasteiger partial charge in [0.05, 0.1) is 6.04 Å². The van der Waals surface area contributed by atoms with Gasteiger partial charge < -0.3 is 9.47 Å². The number of rotatable bonds is 3. The number of aryl methyl sites for hydroxylation is 1. The maximum absolute atomic E-state index is 12.7. The SMILES string of the molecule is CCc1nccn1[C@@H]1CCCN(C(=O)[C@@H]2CC=CCC2)C1. The van der Waals surface area contributed by atoms with E-state index < -0.39 is 0 Å². The van der Waals surface area contributed by atoms with Crippen LogP contribution in [0.5, 0.6) is 0 Å². The van der Waals surface area contributed by atoms with Crippen LogP contribution in [0.2, 0.25) is 0 Å². The average Bonchev–Trinajstić information content (AvgIpc) is 3.04. The summed E-state index contributed by atoms with van der Waals surface area (Å²) in [5, 5.41) is 0. The van der Waals surface area contributed by atoms with Crippen molar-refractivity contribution in [3.05, 3.63) is 30.4 Å². The molecule has 1 aromatic heterocycles. The van der Waals surface area contributed by atoms with Crippen LogP contribution in [0.1, 0.15) is 50.9 Å². The second-order valence-corrected chi connectivity index (χ2v) is 6.17. The van der Waals surface area contributed by atoms with Crippen LogP contribution in [0.15, 0.2) is 24.5 Å². The maximum atomic E-state index is 12.7. The fourth-order valence-corrected chi connectivity index (χ4v) is 3.61. The Hall–Kier alpha value is -1.58. The Bertz CT molecular complexity index is 520. The number of hydrogen-bond acceptors (Lipinski definition) is 2.